The van der Waals surface area contributed by atoms with Gasteiger partial charge in [0.2, 0.25) is 0 Å². The van der Waals surface area contributed by atoms with Crippen LogP contribution in [0.2, 0.25) is 0 Å². The molecule has 5 nitrogen and oxygen atoms in total. The molecule has 0 heterocycles. The predicted molar refractivity (Wildman–Crippen MR) is 105 cm³/mol. The van der Waals surface area contributed by atoms with Crippen LogP contribution in [0.3, 0.4) is 0 Å². The Morgan fingerprint density at radius 1 is 1.04 bits per heavy atom. The average Bonchev–Trinajstić information content (AvgIpc) is 2.95. The second-order valence-corrected chi connectivity index (χ2v) is 10.8. The minimum Gasteiger partial charge on any atom is -0.411 e. The first-order valence-corrected chi connectivity index (χ1v) is 10.8. The van der Waals surface area contributed by atoms with E-state index in [0.717, 1.165) is 56.4 Å². The third-order valence-corrected chi connectivity index (χ3v) is 9.49. The summed E-state index contributed by atoms with van der Waals surface area (Å²) in [5, 5.41) is 37.6. The van der Waals surface area contributed by atoms with E-state index in [1.165, 1.54) is 6.42 Å². The highest BCUT2D eigenvalue weighted by molar-refractivity contribution is 5.85. The standard InChI is InChI=1S/C22H36N2O3/c1-13(23-26)17-7-8-18-16-6-5-14-11-15(24-27)9-10-20(14,2)19(16)22(4,25)12-21(17,18)3/h14,16-19,25-27H,5-12H2,1-4H3. The van der Waals surface area contributed by atoms with E-state index in [1.54, 1.807) is 0 Å². The molecule has 4 fully saturated rings. The molecule has 4 aliphatic carbocycles. The van der Waals surface area contributed by atoms with Crippen LogP contribution in [0.5, 0.6) is 0 Å². The zero-order valence-corrected chi connectivity index (χ0v) is 17.3. The molecule has 3 N–H and O–H groups in total. The summed E-state index contributed by atoms with van der Waals surface area (Å²) in [6, 6.07) is 0. The molecule has 4 saturated carbocycles. The van der Waals surface area contributed by atoms with Gasteiger partial charge < -0.3 is 15.5 Å². The summed E-state index contributed by atoms with van der Waals surface area (Å²) < 4.78 is 0. The van der Waals surface area contributed by atoms with Crippen LogP contribution in [-0.2, 0) is 0 Å². The zero-order chi connectivity index (χ0) is 19.6. The molecular formula is C22H36N2O3. The van der Waals surface area contributed by atoms with Crippen LogP contribution in [0.1, 0.15) is 79.1 Å². The van der Waals surface area contributed by atoms with Crippen molar-refractivity contribution < 1.29 is 15.5 Å². The lowest BCUT2D eigenvalue weighted by molar-refractivity contribution is -0.206. The fourth-order valence-corrected chi connectivity index (χ4v) is 8.68. The first-order valence-electron chi connectivity index (χ1n) is 10.8. The Bertz CT molecular complexity index is 672. The van der Waals surface area contributed by atoms with Crippen molar-refractivity contribution in [2.24, 2.45) is 50.7 Å². The van der Waals surface area contributed by atoms with Crippen LogP contribution in [-0.4, -0.2) is 32.5 Å². The molecule has 8 unspecified atom stereocenters. The van der Waals surface area contributed by atoms with Crippen molar-refractivity contribution in [1.82, 2.24) is 0 Å². The summed E-state index contributed by atoms with van der Waals surface area (Å²) in [7, 11) is 0. The highest BCUT2D eigenvalue weighted by atomic mass is 16.4. The molecule has 152 valence electrons. The van der Waals surface area contributed by atoms with Crippen molar-refractivity contribution in [2.75, 3.05) is 0 Å². The molecule has 8 atom stereocenters. The lowest BCUT2D eigenvalue weighted by Crippen LogP contribution is -2.63. The van der Waals surface area contributed by atoms with Gasteiger partial charge in [-0.15, -0.1) is 0 Å². The number of rotatable bonds is 1. The van der Waals surface area contributed by atoms with Crippen LogP contribution in [0.25, 0.3) is 0 Å². The molecule has 4 aliphatic rings. The van der Waals surface area contributed by atoms with Gasteiger partial charge in [0.05, 0.1) is 17.0 Å². The molecule has 0 saturated heterocycles. The molecular weight excluding hydrogens is 340 g/mol. The van der Waals surface area contributed by atoms with E-state index in [1.807, 2.05) is 6.92 Å². The third-order valence-electron chi connectivity index (χ3n) is 9.49. The molecule has 5 heteroatoms. The summed E-state index contributed by atoms with van der Waals surface area (Å²) in [6.45, 7) is 8.73. The van der Waals surface area contributed by atoms with Crippen molar-refractivity contribution in [3.05, 3.63) is 0 Å². The quantitative estimate of drug-likeness (QED) is 0.353. The first-order chi connectivity index (χ1) is 12.7. The molecule has 0 radical (unpaired) electrons. The van der Waals surface area contributed by atoms with Gasteiger partial charge in [-0.25, -0.2) is 0 Å². The maximum Gasteiger partial charge on any atom is 0.0661 e. The van der Waals surface area contributed by atoms with Crippen LogP contribution in [0, 0.1) is 40.4 Å². The summed E-state index contributed by atoms with van der Waals surface area (Å²) in [5.74, 6) is 2.20. The fourth-order valence-electron chi connectivity index (χ4n) is 8.68. The highest BCUT2D eigenvalue weighted by Crippen LogP contribution is 2.69. The monoisotopic (exact) mass is 376 g/mol. The molecule has 4 rings (SSSR count). The number of fused-ring (bicyclic) bond motifs is 5. The topological polar surface area (TPSA) is 85.4 Å². The largest absolute Gasteiger partial charge is 0.411 e. The zero-order valence-electron chi connectivity index (χ0n) is 17.3. The van der Waals surface area contributed by atoms with E-state index in [-0.39, 0.29) is 16.7 Å². The number of nitrogens with zero attached hydrogens (tertiary/aromatic N) is 2. The van der Waals surface area contributed by atoms with Gasteiger partial charge in [-0.2, -0.15) is 0 Å². The third kappa shape index (κ3) is 2.60. The first kappa shape index (κ1) is 19.2. The minimum absolute atomic E-state index is 0.0105. The molecule has 27 heavy (non-hydrogen) atoms. The number of hydrogen-bond donors (Lipinski definition) is 3. The van der Waals surface area contributed by atoms with Gasteiger partial charge in [-0.1, -0.05) is 24.2 Å². The van der Waals surface area contributed by atoms with E-state index in [9.17, 15) is 15.5 Å². The van der Waals surface area contributed by atoms with Crippen molar-refractivity contribution in [2.45, 2.75) is 84.7 Å². The Kier molecular flexibility index (Phi) is 4.41. The van der Waals surface area contributed by atoms with Crippen LogP contribution < -0.4 is 0 Å². The van der Waals surface area contributed by atoms with Crippen molar-refractivity contribution >= 4 is 11.4 Å². The highest BCUT2D eigenvalue weighted by Gasteiger charge is 2.66. The van der Waals surface area contributed by atoms with Gasteiger partial charge >= 0.3 is 0 Å². The maximum absolute atomic E-state index is 11.8. The van der Waals surface area contributed by atoms with Gasteiger partial charge in [0.25, 0.3) is 0 Å². The van der Waals surface area contributed by atoms with Gasteiger partial charge in [-0.3, -0.25) is 0 Å². The molecule has 0 aromatic carbocycles. The number of oxime groups is 2. The summed E-state index contributed by atoms with van der Waals surface area (Å²) >= 11 is 0. The van der Waals surface area contributed by atoms with E-state index in [0.29, 0.717) is 23.7 Å². The average molecular weight is 377 g/mol. The lowest BCUT2D eigenvalue weighted by Gasteiger charge is -2.65. The molecule has 0 spiro atoms. The molecule has 0 aromatic rings. The van der Waals surface area contributed by atoms with Gasteiger partial charge in [0.1, 0.15) is 0 Å². The maximum atomic E-state index is 11.8. The minimum atomic E-state index is -0.713. The Balaban J connectivity index is 1.71. The molecule has 0 aliphatic heterocycles. The van der Waals surface area contributed by atoms with E-state index >= 15 is 0 Å². The second kappa shape index (κ2) is 6.20. The number of aliphatic hydroxyl groups is 1. The summed E-state index contributed by atoms with van der Waals surface area (Å²) in [6.07, 6.45) is 8.09. The van der Waals surface area contributed by atoms with E-state index < -0.39 is 5.60 Å². The summed E-state index contributed by atoms with van der Waals surface area (Å²) in [5.41, 5.74) is 1.18. The Morgan fingerprint density at radius 3 is 2.44 bits per heavy atom. The van der Waals surface area contributed by atoms with Crippen LogP contribution in [0.15, 0.2) is 10.3 Å². The predicted octanol–water partition coefficient (Wildman–Crippen LogP) is 4.69. The van der Waals surface area contributed by atoms with Gasteiger partial charge in [0, 0.05) is 5.92 Å². The fraction of sp³-hybridized carbons (Fsp3) is 0.909. The molecule has 0 bridgehead atoms. The second-order valence-electron chi connectivity index (χ2n) is 10.8. The van der Waals surface area contributed by atoms with Crippen molar-refractivity contribution in [3.63, 3.8) is 0 Å². The molecule has 0 aromatic heterocycles. The smallest absolute Gasteiger partial charge is 0.0661 e. The lowest BCUT2D eigenvalue weighted by atomic mass is 9.41. The SMILES string of the molecule is CC(=NO)C1CCC2C3CCC4CC(=NO)CCC4(C)C3C(C)(O)CC12C. The Morgan fingerprint density at radius 2 is 1.78 bits per heavy atom. The number of hydrogen-bond acceptors (Lipinski definition) is 5. The van der Waals surface area contributed by atoms with Gasteiger partial charge in [-0.05, 0) is 99.7 Å². The Hall–Kier alpha value is -1.10. The van der Waals surface area contributed by atoms with E-state index in [2.05, 4.69) is 31.1 Å². The normalized spacial score (nSPS) is 54.3. The summed E-state index contributed by atoms with van der Waals surface area (Å²) in [4.78, 5) is 0. The van der Waals surface area contributed by atoms with Crippen molar-refractivity contribution in [3.8, 4) is 0 Å². The van der Waals surface area contributed by atoms with Crippen LogP contribution in [0.4, 0.5) is 0 Å². The molecule has 0 amide bonds. The Labute approximate surface area is 162 Å². The van der Waals surface area contributed by atoms with Crippen LogP contribution >= 0.6 is 0 Å². The van der Waals surface area contributed by atoms with E-state index in [4.69, 9.17) is 0 Å². The van der Waals surface area contributed by atoms with Gasteiger partial charge in [0.15, 0.2) is 0 Å². The van der Waals surface area contributed by atoms with Crippen molar-refractivity contribution in [1.29, 1.82) is 0 Å².